The first kappa shape index (κ1) is 11.5. The van der Waals surface area contributed by atoms with Gasteiger partial charge in [0.05, 0.1) is 6.04 Å². The molecule has 0 radical (unpaired) electrons. The smallest absolute Gasteiger partial charge is 1.00 e. The summed E-state index contributed by atoms with van der Waals surface area (Å²) in [4.78, 5) is 7.12. The zero-order valence-electron chi connectivity index (χ0n) is 9.89. The summed E-state index contributed by atoms with van der Waals surface area (Å²) in [6.45, 7) is 2.25. The minimum absolute atomic E-state index is 0. The van der Waals surface area contributed by atoms with Crippen molar-refractivity contribution in [3.63, 3.8) is 0 Å². The molecule has 0 saturated carbocycles. The van der Waals surface area contributed by atoms with Crippen molar-refractivity contribution in [2.24, 2.45) is 4.99 Å². The van der Waals surface area contributed by atoms with Gasteiger partial charge >= 0.3 is 29.6 Å². The number of benzene rings is 1. The van der Waals surface area contributed by atoms with Gasteiger partial charge in [0, 0.05) is 18.8 Å². The molecule has 2 heterocycles. The molecule has 1 unspecified atom stereocenters. The van der Waals surface area contributed by atoms with Gasteiger partial charge in [0.15, 0.2) is 5.17 Å². The van der Waals surface area contributed by atoms with E-state index >= 15 is 0 Å². The maximum Gasteiger partial charge on any atom is 1.00 e. The standard InChI is InChI=1S/C11H12N2S.Na.H/c1-2-4-9(5-3-1)10-8-13-6-7-14-11(13)12-10;;/h1-5,10H,6-8H2;;/q;+1;-1. The Balaban J connectivity index is 0.000000640. The predicted molar refractivity (Wildman–Crippen MR) is 61.8 cm³/mol. The first-order valence-corrected chi connectivity index (χ1v) is 5.92. The fraction of sp³-hybridized carbons (Fsp3) is 0.364. The van der Waals surface area contributed by atoms with Gasteiger partial charge in [-0.3, -0.25) is 4.99 Å². The summed E-state index contributed by atoms with van der Waals surface area (Å²) in [5, 5.41) is 1.25. The van der Waals surface area contributed by atoms with E-state index in [1.807, 2.05) is 11.8 Å². The van der Waals surface area contributed by atoms with Gasteiger partial charge in [-0.15, -0.1) is 0 Å². The molecule has 0 aliphatic carbocycles. The summed E-state index contributed by atoms with van der Waals surface area (Å²) >= 11 is 1.89. The van der Waals surface area contributed by atoms with Crippen LogP contribution < -0.4 is 29.6 Å². The average molecular weight is 228 g/mol. The van der Waals surface area contributed by atoms with Crippen LogP contribution in [0.1, 0.15) is 13.0 Å². The fourth-order valence-corrected chi connectivity index (χ4v) is 3.00. The summed E-state index contributed by atoms with van der Waals surface area (Å²) in [7, 11) is 0. The first-order chi connectivity index (χ1) is 6.93. The Morgan fingerprint density at radius 1 is 1.33 bits per heavy atom. The second-order valence-corrected chi connectivity index (χ2v) is 4.69. The first-order valence-electron chi connectivity index (χ1n) is 4.94. The minimum Gasteiger partial charge on any atom is -1.00 e. The minimum atomic E-state index is 0. The van der Waals surface area contributed by atoms with Crippen molar-refractivity contribution in [1.82, 2.24) is 4.90 Å². The van der Waals surface area contributed by atoms with Gasteiger partial charge in [-0.2, -0.15) is 0 Å². The van der Waals surface area contributed by atoms with E-state index in [0.29, 0.717) is 6.04 Å². The number of nitrogens with zero attached hydrogens (tertiary/aromatic N) is 2. The molecule has 1 fully saturated rings. The molecule has 2 nitrogen and oxygen atoms in total. The van der Waals surface area contributed by atoms with Gasteiger partial charge in [0.2, 0.25) is 0 Å². The van der Waals surface area contributed by atoms with Crippen molar-refractivity contribution < 1.29 is 31.0 Å². The maximum atomic E-state index is 4.73. The number of fused-ring (bicyclic) bond motifs is 1. The van der Waals surface area contributed by atoms with E-state index in [0.717, 1.165) is 6.54 Å². The fourth-order valence-electron chi connectivity index (χ4n) is 1.96. The van der Waals surface area contributed by atoms with Crippen LogP contribution in [0.5, 0.6) is 0 Å². The summed E-state index contributed by atoms with van der Waals surface area (Å²) in [5.74, 6) is 1.21. The molecule has 1 aromatic rings. The molecule has 0 spiro atoms. The van der Waals surface area contributed by atoms with E-state index in [-0.39, 0.29) is 31.0 Å². The largest absolute Gasteiger partial charge is 1.00 e. The molecule has 1 atom stereocenters. The van der Waals surface area contributed by atoms with Crippen LogP contribution in [0.3, 0.4) is 0 Å². The Labute approximate surface area is 118 Å². The van der Waals surface area contributed by atoms with Crippen LogP contribution in [-0.2, 0) is 0 Å². The molecule has 1 aromatic carbocycles. The summed E-state index contributed by atoms with van der Waals surface area (Å²) in [5.41, 5.74) is 1.34. The van der Waals surface area contributed by atoms with Crippen LogP contribution in [0.2, 0.25) is 0 Å². The molecule has 4 heteroatoms. The maximum absolute atomic E-state index is 4.73. The van der Waals surface area contributed by atoms with Gasteiger partial charge in [0.25, 0.3) is 0 Å². The van der Waals surface area contributed by atoms with E-state index in [1.54, 1.807) is 0 Å². The normalized spacial score (nSPS) is 23.3. The van der Waals surface area contributed by atoms with Crippen molar-refractivity contribution in [2.75, 3.05) is 18.8 Å². The van der Waals surface area contributed by atoms with Crippen LogP contribution in [0.4, 0.5) is 0 Å². The van der Waals surface area contributed by atoms with E-state index in [9.17, 15) is 0 Å². The van der Waals surface area contributed by atoms with Gasteiger partial charge in [-0.25, -0.2) is 0 Å². The molecule has 15 heavy (non-hydrogen) atoms. The van der Waals surface area contributed by atoms with Crippen LogP contribution in [0.25, 0.3) is 0 Å². The van der Waals surface area contributed by atoms with Crippen molar-refractivity contribution in [3.05, 3.63) is 35.9 Å². The summed E-state index contributed by atoms with van der Waals surface area (Å²) < 4.78 is 0. The Bertz CT molecular complexity index is 372. The number of aliphatic imine (C=N–C) groups is 1. The van der Waals surface area contributed by atoms with Gasteiger partial charge < -0.3 is 6.33 Å². The molecule has 0 N–H and O–H groups in total. The van der Waals surface area contributed by atoms with E-state index in [2.05, 4.69) is 35.2 Å². The zero-order chi connectivity index (χ0) is 9.38. The topological polar surface area (TPSA) is 15.6 Å². The predicted octanol–water partition coefficient (Wildman–Crippen LogP) is -0.737. The van der Waals surface area contributed by atoms with Crippen LogP contribution in [0, 0.1) is 0 Å². The number of amidine groups is 1. The molecule has 0 amide bonds. The zero-order valence-corrected chi connectivity index (χ0v) is 11.7. The van der Waals surface area contributed by atoms with E-state index < -0.39 is 0 Å². The third-order valence-corrected chi connectivity index (χ3v) is 3.72. The molecule has 3 rings (SSSR count). The molecular weight excluding hydrogens is 215 g/mol. The quantitative estimate of drug-likeness (QED) is 0.589. The van der Waals surface area contributed by atoms with Crippen molar-refractivity contribution >= 4 is 16.9 Å². The molecule has 74 valence electrons. The summed E-state index contributed by atoms with van der Waals surface area (Å²) in [6, 6.07) is 10.9. The van der Waals surface area contributed by atoms with Crippen LogP contribution >= 0.6 is 11.8 Å². The Morgan fingerprint density at radius 3 is 2.87 bits per heavy atom. The molecule has 1 saturated heterocycles. The van der Waals surface area contributed by atoms with Crippen molar-refractivity contribution in [1.29, 1.82) is 0 Å². The number of rotatable bonds is 1. The molecule has 2 aliphatic heterocycles. The van der Waals surface area contributed by atoms with E-state index in [4.69, 9.17) is 4.99 Å². The molecule has 0 aromatic heterocycles. The number of thioether (sulfide) groups is 1. The SMILES string of the molecule is [H-].[Na+].c1ccc(C2CN3CCSC3=N2)cc1. The van der Waals surface area contributed by atoms with Gasteiger partial charge in [0.1, 0.15) is 0 Å². The van der Waals surface area contributed by atoms with Crippen LogP contribution in [-0.4, -0.2) is 28.9 Å². The van der Waals surface area contributed by atoms with E-state index in [1.165, 1.54) is 23.0 Å². The van der Waals surface area contributed by atoms with Crippen molar-refractivity contribution in [3.8, 4) is 0 Å². The Morgan fingerprint density at radius 2 is 2.13 bits per heavy atom. The molecule has 0 bridgehead atoms. The number of hydrogen-bond acceptors (Lipinski definition) is 3. The Hall–Kier alpha value is 0.0400. The third-order valence-electron chi connectivity index (χ3n) is 2.71. The van der Waals surface area contributed by atoms with Gasteiger partial charge in [-0.05, 0) is 5.56 Å². The molecule has 2 aliphatic rings. The van der Waals surface area contributed by atoms with Crippen LogP contribution in [0.15, 0.2) is 35.3 Å². The monoisotopic (exact) mass is 228 g/mol. The third kappa shape index (κ3) is 2.26. The molecular formula is C11H13N2NaS. The Kier molecular flexibility index (Phi) is 3.78. The number of hydrogen-bond donors (Lipinski definition) is 0. The van der Waals surface area contributed by atoms with Crippen molar-refractivity contribution in [2.45, 2.75) is 6.04 Å². The second kappa shape index (κ2) is 4.91. The average Bonchev–Trinajstić information content (AvgIpc) is 2.78. The van der Waals surface area contributed by atoms with Gasteiger partial charge in [-0.1, -0.05) is 42.1 Å². The summed E-state index contributed by atoms with van der Waals surface area (Å²) in [6.07, 6.45) is 0. The second-order valence-electron chi connectivity index (χ2n) is 3.63.